The Balaban J connectivity index is 1.38. The van der Waals surface area contributed by atoms with E-state index in [0.29, 0.717) is 55.2 Å². The molecule has 14 nitrogen and oxygen atoms in total. The summed E-state index contributed by atoms with van der Waals surface area (Å²) in [7, 11) is 0. The molecule has 0 aromatic heterocycles. The average molecular weight is 539 g/mol. The number of rotatable bonds is 17. The van der Waals surface area contributed by atoms with Crippen LogP contribution in [0.4, 0.5) is 0 Å². The quantitative estimate of drug-likeness (QED) is 0.193. The van der Waals surface area contributed by atoms with E-state index < -0.39 is 35.6 Å². The molecule has 0 atom stereocenters. The molecule has 2 aliphatic heterocycles. The van der Waals surface area contributed by atoms with Gasteiger partial charge in [-0.25, -0.2) is 9.59 Å². The molecule has 0 spiro atoms. The van der Waals surface area contributed by atoms with Crippen molar-refractivity contribution in [2.24, 2.45) is 0 Å². The van der Waals surface area contributed by atoms with Gasteiger partial charge in [0.1, 0.15) is 0 Å². The minimum absolute atomic E-state index is 0.0272. The van der Waals surface area contributed by atoms with Crippen molar-refractivity contribution in [1.82, 2.24) is 20.8 Å². The number of hydrogen-bond acceptors (Lipinski definition) is 10. The number of unbranched alkanes of at least 4 members (excludes halogenated alkanes) is 3. The van der Waals surface area contributed by atoms with Crippen molar-refractivity contribution in [3.8, 4) is 0 Å². The molecule has 0 unspecified atom stereocenters. The summed E-state index contributed by atoms with van der Waals surface area (Å²) in [6, 6.07) is 0. The minimum Gasteiger partial charge on any atom is -0.356 e. The van der Waals surface area contributed by atoms with Crippen LogP contribution in [0, 0.1) is 0 Å². The van der Waals surface area contributed by atoms with Gasteiger partial charge in [-0.1, -0.05) is 6.42 Å². The SMILES string of the molecule is O=C(CCCCC(=O)NCCCC(=O)ON1C(=O)CCC1=O)NCCCCCC(=O)ON1C(=O)CCC1=O. The van der Waals surface area contributed by atoms with E-state index in [9.17, 15) is 38.4 Å². The van der Waals surface area contributed by atoms with Crippen LogP contribution in [0.25, 0.3) is 0 Å². The summed E-state index contributed by atoms with van der Waals surface area (Å²) in [6.45, 7) is 0.683. The summed E-state index contributed by atoms with van der Waals surface area (Å²) in [4.78, 5) is 102. The Morgan fingerprint density at radius 1 is 0.526 bits per heavy atom. The zero-order chi connectivity index (χ0) is 27.9. The molecule has 2 saturated heterocycles. The van der Waals surface area contributed by atoms with Gasteiger partial charge < -0.3 is 20.3 Å². The van der Waals surface area contributed by atoms with Gasteiger partial charge in [-0.15, -0.1) is 10.1 Å². The first-order chi connectivity index (χ1) is 18.2. The van der Waals surface area contributed by atoms with Gasteiger partial charge in [0.25, 0.3) is 23.6 Å². The van der Waals surface area contributed by atoms with Crippen LogP contribution in [0.2, 0.25) is 0 Å². The molecule has 14 heteroatoms. The van der Waals surface area contributed by atoms with Gasteiger partial charge in [-0.05, 0) is 32.1 Å². The molecule has 0 aromatic rings. The summed E-state index contributed by atoms with van der Waals surface area (Å²) in [5.41, 5.74) is 0. The second-order valence-corrected chi connectivity index (χ2v) is 8.91. The molecule has 0 aromatic carbocycles. The number of nitrogens with one attached hydrogen (secondary N) is 2. The summed E-state index contributed by atoms with van der Waals surface area (Å²) in [5.74, 6) is -3.82. The van der Waals surface area contributed by atoms with Crippen molar-refractivity contribution in [1.29, 1.82) is 0 Å². The maximum atomic E-state index is 11.9. The zero-order valence-corrected chi connectivity index (χ0v) is 21.3. The van der Waals surface area contributed by atoms with Crippen LogP contribution in [0.5, 0.6) is 0 Å². The third-order valence-corrected chi connectivity index (χ3v) is 5.72. The van der Waals surface area contributed by atoms with Gasteiger partial charge >= 0.3 is 11.9 Å². The van der Waals surface area contributed by atoms with E-state index in [4.69, 9.17) is 9.68 Å². The second-order valence-electron chi connectivity index (χ2n) is 8.91. The fraction of sp³-hybridized carbons (Fsp3) is 0.667. The maximum absolute atomic E-state index is 11.9. The molecule has 2 N–H and O–H groups in total. The number of hydrogen-bond donors (Lipinski definition) is 2. The third-order valence-electron chi connectivity index (χ3n) is 5.72. The number of carbonyl (C=O) groups is 8. The maximum Gasteiger partial charge on any atom is 0.333 e. The molecule has 210 valence electrons. The van der Waals surface area contributed by atoms with Gasteiger partial charge in [0.05, 0.1) is 0 Å². The van der Waals surface area contributed by atoms with E-state index in [-0.39, 0.29) is 69.7 Å². The molecule has 38 heavy (non-hydrogen) atoms. The van der Waals surface area contributed by atoms with Gasteiger partial charge in [-0.3, -0.25) is 28.8 Å². The normalized spacial score (nSPS) is 15.2. The van der Waals surface area contributed by atoms with E-state index in [2.05, 4.69) is 10.6 Å². The van der Waals surface area contributed by atoms with Crippen molar-refractivity contribution in [3.05, 3.63) is 0 Å². The summed E-state index contributed by atoms with van der Waals surface area (Å²) >= 11 is 0. The summed E-state index contributed by atoms with van der Waals surface area (Å²) in [5, 5.41) is 6.44. The Morgan fingerprint density at radius 2 is 0.895 bits per heavy atom. The van der Waals surface area contributed by atoms with Crippen molar-refractivity contribution >= 4 is 47.4 Å². The van der Waals surface area contributed by atoms with Gasteiger partial charge in [0.2, 0.25) is 11.8 Å². The predicted octanol–water partition coefficient (Wildman–Crippen LogP) is 0.334. The molecule has 2 aliphatic rings. The fourth-order valence-electron chi connectivity index (χ4n) is 3.62. The topological polar surface area (TPSA) is 186 Å². The molecular formula is C24H34N4O10. The zero-order valence-electron chi connectivity index (χ0n) is 21.3. The van der Waals surface area contributed by atoms with E-state index in [1.165, 1.54) is 0 Å². The molecule has 0 bridgehead atoms. The standard InChI is InChI=1S/C24H34N4O10/c29-17(25-15-5-1-2-9-23(35)37-27-19(31)11-12-20(27)32)7-3-4-8-18(30)26-16-6-10-24(36)38-28-21(33)13-14-22(28)34/h1-16H2,(H,25,29)(H,26,30). The number of hydroxylamine groups is 4. The molecule has 2 rings (SSSR count). The first kappa shape index (κ1) is 30.4. The molecular weight excluding hydrogens is 504 g/mol. The minimum atomic E-state index is -0.718. The van der Waals surface area contributed by atoms with Crippen molar-refractivity contribution in [2.75, 3.05) is 13.1 Å². The van der Waals surface area contributed by atoms with Gasteiger partial charge in [0, 0.05) is 64.5 Å². The molecule has 0 aliphatic carbocycles. The lowest BCUT2D eigenvalue weighted by molar-refractivity contribution is -0.197. The third kappa shape index (κ3) is 11.0. The van der Waals surface area contributed by atoms with E-state index in [1.807, 2.05) is 0 Å². The van der Waals surface area contributed by atoms with Gasteiger partial charge in [-0.2, -0.15) is 0 Å². The Hall–Kier alpha value is -3.84. The largest absolute Gasteiger partial charge is 0.356 e. The predicted molar refractivity (Wildman–Crippen MR) is 127 cm³/mol. The van der Waals surface area contributed by atoms with Crippen LogP contribution in [-0.4, -0.2) is 70.6 Å². The van der Waals surface area contributed by atoms with E-state index in [0.717, 1.165) is 0 Å². The Bertz CT molecular complexity index is 903. The Labute approximate surface area is 219 Å². The van der Waals surface area contributed by atoms with Crippen molar-refractivity contribution in [2.45, 2.75) is 89.9 Å². The highest BCUT2D eigenvalue weighted by Crippen LogP contribution is 2.14. The van der Waals surface area contributed by atoms with Crippen molar-refractivity contribution < 1.29 is 48.0 Å². The average Bonchev–Trinajstić information content (AvgIpc) is 3.36. The summed E-state index contributed by atoms with van der Waals surface area (Å²) in [6.07, 6.45) is 3.83. The van der Waals surface area contributed by atoms with Crippen LogP contribution in [0.1, 0.15) is 89.9 Å². The fourth-order valence-corrected chi connectivity index (χ4v) is 3.62. The number of carbonyl (C=O) groups excluding carboxylic acids is 8. The lowest BCUT2D eigenvalue weighted by Gasteiger charge is -2.12. The Morgan fingerprint density at radius 3 is 1.34 bits per heavy atom. The highest BCUT2D eigenvalue weighted by Gasteiger charge is 2.33. The lowest BCUT2D eigenvalue weighted by atomic mass is 10.1. The highest BCUT2D eigenvalue weighted by atomic mass is 16.7. The van der Waals surface area contributed by atoms with E-state index >= 15 is 0 Å². The molecule has 0 saturated carbocycles. The van der Waals surface area contributed by atoms with Crippen LogP contribution in [0.3, 0.4) is 0 Å². The van der Waals surface area contributed by atoms with Crippen LogP contribution in [-0.2, 0) is 48.0 Å². The second kappa shape index (κ2) is 16.1. The lowest BCUT2D eigenvalue weighted by Crippen LogP contribution is -2.32. The summed E-state index contributed by atoms with van der Waals surface area (Å²) < 4.78 is 0. The molecule has 6 amide bonds. The first-order valence-electron chi connectivity index (χ1n) is 12.8. The van der Waals surface area contributed by atoms with Crippen molar-refractivity contribution in [3.63, 3.8) is 0 Å². The molecule has 2 fully saturated rings. The molecule has 2 heterocycles. The highest BCUT2D eigenvalue weighted by molar-refractivity contribution is 6.02. The number of nitrogens with zero attached hydrogens (tertiary/aromatic N) is 2. The smallest absolute Gasteiger partial charge is 0.333 e. The van der Waals surface area contributed by atoms with Crippen LogP contribution >= 0.6 is 0 Å². The molecule has 0 radical (unpaired) electrons. The van der Waals surface area contributed by atoms with Crippen LogP contribution in [0.15, 0.2) is 0 Å². The number of amides is 6. The first-order valence-corrected chi connectivity index (χ1v) is 12.8. The monoisotopic (exact) mass is 538 g/mol. The Kier molecular flexibility index (Phi) is 12.9. The van der Waals surface area contributed by atoms with Gasteiger partial charge in [0.15, 0.2) is 0 Å². The van der Waals surface area contributed by atoms with Crippen LogP contribution < -0.4 is 10.6 Å². The number of imide groups is 2. The van der Waals surface area contributed by atoms with E-state index in [1.54, 1.807) is 0 Å².